The van der Waals surface area contributed by atoms with Crippen LogP contribution in [-0.4, -0.2) is 42.1 Å². The Morgan fingerprint density at radius 2 is 2.00 bits per heavy atom. The van der Waals surface area contributed by atoms with Crippen molar-refractivity contribution in [2.24, 2.45) is 5.73 Å². The van der Waals surface area contributed by atoms with Crippen molar-refractivity contribution in [3.8, 4) is 0 Å². The van der Waals surface area contributed by atoms with Crippen molar-refractivity contribution in [3.63, 3.8) is 0 Å². The second-order valence-electron chi connectivity index (χ2n) is 6.91. The first-order valence-electron chi connectivity index (χ1n) is 7.49. The quantitative estimate of drug-likeness (QED) is 0.925. The Labute approximate surface area is 127 Å². The molecule has 1 aromatic rings. The van der Waals surface area contributed by atoms with Gasteiger partial charge in [-0.25, -0.2) is 0 Å². The lowest BCUT2D eigenvalue weighted by Gasteiger charge is -2.45. The zero-order valence-electron chi connectivity index (χ0n) is 13.4. The van der Waals surface area contributed by atoms with Crippen molar-refractivity contribution in [3.05, 3.63) is 35.9 Å². The molecule has 116 valence electrons. The Bertz CT molecular complexity index is 497. The van der Waals surface area contributed by atoms with Gasteiger partial charge in [-0.05, 0) is 33.3 Å². The highest BCUT2D eigenvalue weighted by Gasteiger charge is 2.40. The second kappa shape index (κ2) is 5.78. The molecule has 0 bridgehead atoms. The Kier molecular flexibility index (Phi) is 4.40. The van der Waals surface area contributed by atoms with Crippen LogP contribution in [0.5, 0.6) is 0 Å². The van der Waals surface area contributed by atoms with Crippen LogP contribution in [0, 0.1) is 0 Å². The highest BCUT2D eigenvalue weighted by Crippen LogP contribution is 2.29. The van der Waals surface area contributed by atoms with E-state index in [1.807, 2.05) is 62.9 Å². The van der Waals surface area contributed by atoms with E-state index in [-0.39, 0.29) is 17.6 Å². The standard InChI is InChI=1S/C17H26N2O2/c1-16(2)12-19(11-14(10-18)21-16)15(20)17(3,4)13-8-6-5-7-9-13/h5-9,14H,10-12,18H2,1-4H3. The maximum absolute atomic E-state index is 13.0. The van der Waals surface area contributed by atoms with E-state index in [1.54, 1.807) is 0 Å². The summed E-state index contributed by atoms with van der Waals surface area (Å²) in [5.41, 5.74) is 5.87. The van der Waals surface area contributed by atoms with E-state index in [9.17, 15) is 4.79 Å². The zero-order valence-corrected chi connectivity index (χ0v) is 13.4. The SMILES string of the molecule is CC1(C)CN(C(=O)C(C)(C)c2ccccc2)CC(CN)O1. The summed E-state index contributed by atoms with van der Waals surface area (Å²) in [7, 11) is 0. The third-order valence-electron chi connectivity index (χ3n) is 4.06. The second-order valence-corrected chi connectivity index (χ2v) is 6.91. The number of nitrogens with two attached hydrogens (primary N) is 1. The van der Waals surface area contributed by atoms with Gasteiger partial charge in [0.05, 0.1) is 17.1 Å². The van der Waals surface area contributed by atoms with E-state index in [4.69, 9.17) is 10.5 Å². The number of ether oxygens (including phenoxy) is 1. The molecule has 1 heterocycles. The molecule has 1 atom stereocenters. The number of carbonyl (C=O) groups is 1. The highest BCUT2D eigenvalue weighted by molar-refractivity contribution is 5.87. The lowest BCUT2D eigenvalue weighted by atomic mass is 9.82. The van der Waals surface area contributed by atoms with Gasteiger partial charge in [0, 0.05) is 19.6 Å². The molecule has 2 N–H and O–H groups in total. The number of hydrogen-bond acceptors (Lipinski definition) is 3. The normalized spacial score (nSPS) is 22.1. The first-order valence-corrected chi connectivity index (χ1v) is 7.49. The van der Waals surface area contributed by atoms with Crippen molar-refractivity contribution in [2.45, 2.75) is 44.8 Å². The number of benzene rings is 1. The third kappa shape index (κ3) is 3.44. The van der Waals surface area contributed by atoms with Crippen LogP contribution in [0.2, 0.25) is 0 Å². The molecule has 0 aliphatic carbocycles. The molecule has 21 heavy (non-hydrogen) atoms. The molecule has 0 aromatic heterocycles. The van der Waals surface area contributed by atoms with Gasteiger partial charge in [-0.15, -0.1) is 0 Å². The fraction of sp³-hybridized carbons (Fsp3) is 0.588. The van der Waals surface area contributed by atoms with Gasteiger partial charge >= 0.3 is 0 Å². The Morgan fingerprint density at radius 3 is 2.57 bits per heavy atom. The van der Waals surface area contributed by atoms with Gasteiger partial charge < -0.3 is 15.4 Å². The van der Waals surface area contributed by atoms with Crippen molar-refractivity contribution in [1.29, 1.82) is 0 Å². The van der Waals surface area contributed by atoms with Crippen LogP contribution < -0.4 is 5.73 Å². The predicted molar refractivity (Wildman–Crippen MR) is 84.1 cm³/mol. The van der Waals surface area contributed by atoms with E-state index in [2.05, 4.69) is 0 Å². The molecule has 1 aliphatic rings. The molecule has 1 fully saturated rings. The molecular formula is C17H26N2O2. The van der Waals surface area contributed by atoms with E-state index < -0.39 is 5.41 Å². The minimum absolute atomic E-state index is 0.0933. The number of amides is 1. The molecule has 4 nitrogen and oxygen atoms in total. The van der Waals surface area contributed by atoms with Crippen LogP contribution in [0.1, 0.15) is 33.3 Å². The lowest BCUT2D eigenvalue weighted by Crippen LogP contribution is -2.59. The van der Waals surface area contributed by atoms with Gasteiger partial charge in [0.2, 0.25) is 5.91 Å². The maximum atomic E-state index is 13.0. The van der Waals surface area contributed by atoms with Crippen molar-refractivity contribution in [2.75, 3.05) is 19.6 Å². The van der Waals surface area contributed by atoms with Gasteiger partial charge in [-0.2, -0.15) is 0 Å². The molecule has 0 radical (unpaired) electrons. The Morgan fingerprint density at radius 1 is 1.38 bits per heavy atom. The molecule has 1 saturated heterocycles. The smallest absolute Gasteiger partial charge is 0.232 e. The van der Waals surface area contributed by atoms with Crippen molar-refractivity contribution >= 4 is 5.91 Å². The molecular weight excluding hydrogens is 264 g/mol. The van der Waals surface area contributed by atoms with Crippen LogP contribution in [0.3, 0.4) is 0 Å². The summed E-state index contributed by atoms with van der Waals surface area (Å²) in [4.78, 5) is 14.9. The molecule has 0 saturated carbocycles. The largest absolute Gasteiger partial charge is 0.367 e. The maximum Gasteiger partial charge on any atom is 0.232 e. The summed E-state index contributed by atoms with van der Waals surface area (Å²) >= 11 is 0. The van der Waals surface area contributed by atoms with Gasteiger partial charge in [0.1, 0.15) is 0 Å². The number of morpholine rings is 1. The first kappa shape index (κ1) is 16.0. The molecule has 1 aromatic carbocycles. The minimum atomic E-state index is -0.548. The summed E-state index contributed by atoms with van der Waals surface area (Å²) in [6.07, 6.45) is -0.0933. The molecule has 1 amide bonds. The number of carbonyl (C=O) groups excluding carboxylic acids is 1. The van der Waals surface area contributed by atoms with Crippen LogP contribution >= 0.6 is 0 Å². The monoisotopic (exact) mass is 290 g/mol. The van der Waals surface area contributed by atoms with Gasteiger partial charge in [0.15, 0.2) is 0 Å². The average molecular weight is 290 g/mol. The Balaban J connectivity index is 2.22. The predicted octanol–water partition coefficient (Wildman–Crippen LogP) is 1.93. The average Bonchev–Trinajstić information content (AvgIpc) is 2.45. The van der Waals surface area contributed by atoms with Gasteiger partial charge in [-0.1, -0.05) is 30.3 Å². The van der Waals surface area contributed by atoms with Crippen LogP contribution in [-0.2, 0) is 14.9 Å². The van der Waals surface area contributed by atoms with E-state index in [1.165, 1.54) is 0 Å². The summed E-state index contributed by atoms with van der Waals surface area (Å²) in [6, 6.07) is 9.91. The van der Waals surface area contributed by atoms with Crippen LogP contribution in [0.25, 0.3) is 0 Å². The summed E-state index contributed by atoms with van der Waals surface area (Å²) < 4.78 is 5.90. The number of nitrogens with zero attached hydrogens (tertiary/aromatic N) is 1. The number of rotatable bonds is 3. The van der Waals surface area contributed by atoms with Gasteiger partial charge in [0.25, 0.3) is 0 Å². The minimum Gasteiger partial charge on any atom is -0.367 e. The fourth-order valence-electron chi connectivity index (χ4n) is 2.95. The zero-order chi connectivity index (χ0) is 15.7. The Hall–Kier alpha value is -1.39. The van der Waals surface area contributed by atoms with E-state index in [0.717, 1.165) is 5.56 Å². The van der Waals surface area contributed by atoms with E-state index in [0.29, 0.717) is 19.6 Å². The number of hydrogen-bond donors (Lipinski definition) is 1. The fourth-order valence-corrected chi connectivity index (χ4v) is 2.95. The first-order chi connectivity index (χ1) is 9.76. The molecule has 1 aliphatic heterocycles. The molecule has 2 rings (SSSR count). The summed E-state index contributed by atoms with van der Waals surface area (Å²) in [6.45, 7) is 9.55. The summed E-state index contributed by atoms with van der Waals surface area (Å²) in [5.74, 6) is 0.128. The molecule has 1 unspecified atom stereocenters. The van der Waals surface area contributed by atoms with Crippen LogP contribution in [0.4, 0.5) is 0 Å². The summed E-state index contributed by atoms with van der Waals surface area (Å²) in [5, 5.41) is 0. The third-order valence-corrected chi connectivity index (χ3v) is 4.06. The van der Waals surface area contributed by atoms with Crippen LogP contribution in [0.15, 0.2) is 30.3 Å². The molecule has 0 spiro atoms. The topological polar surface area (TPSA) is 55.6 Å². The van der Waals surface area contributed by atoms with Gasteiger partial charge in [-0.3, -0.25) is 4.79 Å². The van der Waals surface area contributed by atoms with E-state index >= 15 is 0 Å². The molecule has 4 heteroatoms. The van der Waals surface area contributed by atoms with Crippen molar-refractivity contribution < 1.29 is 9.53 Å². The lowest BCUT2D eigenvalue weighted by molar-refractivity contribution is -0.163. The van der Waals surface area contributed by atoms with Crippen molar-refractivity contribution in [1.82, 2.24) is 4.90 Å². The highest BCUT2D eigenvalue weighted by atomic mass is 16.5.